The van der Waals surface area contributed by atoms with Gasteiger partial charge in [0.05, 0.1) is 0 Å². The van der Waals surface area contributed by atoms with Crippen LogP contribution in [0.25, 0.3) is 6.08 Å². The summed E-state index contributed by atoms with van der Waals surface area (Å²) in [4.78, 5) is 0. The zero-order valence-corrected chi connectivity index (χ0v) is 13.2. The summed E-state index contributed by atoms with van der Waals surface area (Å²) in [7, 11) is 0. The van der Waals surface area contributed by atoms with Gasteiger partial charge in [0.1, 0.15) is 0 Å². The van der Waals surface area contributed by atoms with Crippen molar-refractivity contribution in [2.45, 2.75) is 41.0 Å². The van der Waals surface area contributed by atoms with E-state index in [0.717, 1.165) is 19.5 Å². The van der Waals surface area contributed by atoms with Gasteiger partial charge in [-0.05, 0) is 35.9 Å². The molecule has 0 saturated carbocycles. The van der Waals surface area contributed by atoms with Gasteiger partial charge in [-0.3, -0.25) is 0 Å². The third-order valence-corrected chi connectivity index (χ3v) is 3.36. The molecule has 0 aliphatic carbocycles. The Morgan fingerprint density at radius 1 is 1.11 bits per heavy atom. The second-order valence-electron chi connectivity index (χ2n) is 5.99. The normalized spacial score (nSPS) is 12.5. The minimum absolute atomic E-state index is 0.588. The fourth-order valence-electron chi connectivity index (χ4n) is 1.99. The zero-order chi connectivity index (χ0) is 14.3. The van der Waals surface area contributed by atoms with Gasteiger partial charge in [-0.1, -0.05) is 70.5 Å². The van der Waals surface area contributed by atoms with Crippen molar-refractivity contribution in [2.24, 2.45) is 11.8 Å². The number of rotatable bonds is 7. The average Bonchev–Trinajstić information content (AvgIpc) is 2.37. The van der Waals surface area contributed by atoms with E-state index in [1.165, 1.54) is 16.7 Å². The van der Waals surface area contributed by atoms with E-state index in [0.29, 0.717) is 11.8 Å². The lowest BCUT2D eigenvalue weighted by molar-refractivity contribution is 0.558. The number of benzene rings is 1. The molecule has 1 nitrogen and oxygen atoms in total. The lowest BCUT2D eigenvalue weighted by atomic mass is 9.99. The molecule has 0 atom stereocenters. The second kappa shape index (κ2) is 8.16. The molecule has 0 unspecified atom stereocenters. The minimum atomic E-state index is 0.588. The third kappa shape index (κ3) is 6.07. The van der Waals surface area contributed by atoms with Gasteiger partial charge in [0.25, 0.3) is 0 Å². The molecule has 0 heterocycles. The summed E-state index contributed by atoms with van der Waals surface area (Å²) < 4.78 is 0. The Balaban J connectivity index is 2.70. The molecular weight excluding hydrogens is 230 g/mol. The van der Waals surface area contributed by atoms with Crippen LogP contribution >= 0.6 is 0 Å². The van der Waals surface area contributed by atoms with E-state index in [9.17, 15) is 0 Å². The van der Waals surface area contributed by atoms with Gasteiger partial charge in [-0.2, -0.15) is 0 Å². The van der Waals surface area contributed by atoms with Crippen LogP contribution in [0.1, 0.15) is 45.7 Å². The first-order valence-corrected chi connectivity index (χ1v) is 7.53. The first-order chi connectivity index (χ1) is 9.02. The summed E-state index contributed by atoms with van der Waals surface area (Å²) in [6, 6.07) is 8.91. The average molecular weight is 259 g/mol. The molecule has 0 aliphatic rings. The van der Waals surface area contributed by atoms with Crippen LogP contribution in [0.2, 0.25) is 0 Å². The van der Waals surface area contributed by atoms with Gasteiger partial charge in [0.15, 0.2) is 0 Å². The maximum absolute atomic E-state index is 3.54. The molecule has 0 aromatic heterocycles. The van der Waals surface area contributed by atoms with Crippen LogP contribution in [0.15, 0.2) is 29.8 Å². The largest absolute Gasteiger partial charge is 0.313 e. The smallest absolute Gasteiger partial charge is 0.0170 e. The van der Waals surface area contributed by atoms with Crippen molar-refractivity contribution in [2.75, 3.05) is 13.1 Å². The van der Waals surface area contributed by atoms with E-state index in [2.05, 4.69) is 70.3 Å². The number of hydrogen-bond donors (Lipinski definition) is 1. The topological polar surface area (TPSA) is 12.0 Å². The van der Waals surface area contributed by atoms with Gasteiger partial charge >= 0.3 is 0 Å². The van der Waals surface area contributed by atoms with Gasteiger partial charge < -0.3 is 5.32 Å². The highest BCUT2D eigenvalue weighted by Crippen LogP contribution is 2.15. The maximum atomic E-state index is 3.54. The van der Waals surface area contributed by atoms with Crippen molar-refractivity contribution < 1.29 is 0 Å². The molecular formula is C18H29N. The lowest BCUT2D eigenvalue weighted by Gasteiger charge is -2.14. The summed E-state index contributed by atoms with van der Waals surface area (Å²) in [5.41, 5.74) is 4.19. The zero-order valence-electron chi connectivity index (χ0n) is 13.2. The SMILES string of the molecule is CCc1ccc(C=C(CNCC(C)C)C(C)C)cc1. The Hall–Kier alpha value is -1.08. The lowest BCUT2D eigenvalue weighted by Crippen LogP contribution is -2.23. The Morgan fingerprint density at radius 3 is 2.21 bits per heavy atom. The van der Waals surface area contributed by atoms with E-state index >= 15 is 0 Å². The number of nitrogens with one attached hydrogen (secondary N) is 1. The molecule has 1 aromatic carbocycles. The monoisotopic (exact) mass is 259 g/mol. The number of aryl methyl sites for hydroxylation is 1. The highest BCUT2D eigenvalue weighted by Gasteiger charge is 2.04. The van der Waals surface area contributed by atoms with E-state index in [1.54, 1.807) is 0 Å². The standard InChI is InChI=1S/C18H29N/c1-6-16-7-9-17(10-8-16)11-18(15(4)5)13-19-12-14(2)3/h7-11,14-15,19H,6,12-13H2,1-5H3. The van der Waals surface area contributed by atoms with Crippen molar-refractivity contribution >= 4 is 6.08 Å². The van der Waals surface area contributed by atoms with Gasteiger partial charge in [-0.25, -0.2) is 0 Å². The molecule has 19 heavy (non-hydrogen) atoms. The van der Waals surface area contributed by atoms with Crippen LogP contribution in [0.3, 0.4) is 0 Å². The molecule has 1 heteroatoms. The summed E-state index contributed by atoms with van der Waals surface area (Å²) >= 11 is 0. The molecule has 0 fully saturated rings. The molecule has 0 radical (unpaired) electrons. The van der Waals surface area contributed by atoms with Crippen LogP contribution < -0.4 is 5.32 Å². The summed E-state index contributed by atoms with van der Waals surface area (Å²) in [5.74, 6) is 1.29. The summed E-state index contributed by atoms with van der Waals surface area (Å²) in [6.45, 7) is 13.3. The highest BCUT2D eigenvalue weighted by molar-refractivity contribution is 5.54. The molecule has 0 aliphatic heterocycles. The van der Waals surface area contributed by atoms with E-state index in [4.69, 9.17) is 0 Å². The summed E-state index contributed by atoms with van der Waals surface area (Å²) in [6.07, 6.45) is 3.44. The quantitative estimate of drug-likeness (QED) is 0.758. The third-order valence-electron chi connectivity index (χ3n) is 3.36. The first kappa shape index (κ1) is 16.0. The highest BCUT2D eigenvalue weighted by atomic mass is 14.9. The minimum Gasteiger partial charge on any atom is -0.313 e. The fraction of sp³-hybridized carbons (Fsp3) is 0.556. The van der Waals surface area contributed by atoms with Crippen molar-refractivity contribution in [3.63, 3.8) is 0 Å². The Kier molecular flexibility index (Phi) is 6.86. The van der Waals surface area contributed by atoms with Crippen LogP contribution in [0.5, 0.6) is 0 Å². The Bertz CT molecular complexity index is 385. The molecule has 0 spiro atoms. The molecule has 0 amide bonds. The predicted octanol–water partition coefficient (Wildman–Crippen LogP) is 4.53. The molecule has 106 valence electrons. The maximum Gasteiger partial charge on any atom is 0.0170 e. The van der Waals surface area contributed by atoms with Crippen molar-refractivity contribution in [1.82, 2.24) is 5.32 Å². The number of hydrogen-bond acceptors (Lipinski definition) is 1. The van der Waals surface area contributed by atoms with Crippen LogP contribution in [-0.2, 0) is 6.42 Å². The molecule has 1 N–H and O–H groups in total. The van der Waals surface area contributed by atoms with Crippen molar-refractivity contribution in [1.29, 1.82) is 0 Å². The van der Waals surface area contributed by atoms with Gasteiger partial charge in [0.2, 0.25) is 0 Å². The van der Waals surface area contributed by atoms with E-state index in [1.807, 2.05) is 0 Å². The summed E-state index contributed by atoms with van der Waals surface area (Å²) in [5, 5.41) is 3.54. The predicted molar refractivity (Wildman–Crippen MR) is 86.3 cm³/mol. The van der Waals surface area contributed by atoms with Gasteiger partial charge in [-0.15, -0.1) is 0 Å². The Morgan fingerprint density at radius 2 is 1.74 bits per heavy atom. The van der Waals surface area contributed by atoms with Crippen molar-refractivity contribution in [3.8, 4) is 0 Å². The molecule has 1 rings (SSSR count). The van der Waals surface area contributed by atoms with Crippen LogP contribution in [0, 0.1) is 11.8 Å². The fourth-order valence-corrected chi connectivity index (χ4v) is 1.99. The first-order valence-electron chi connectivity index (χ1n) is 7.53. The Labute approximate surface area is 119 Å². The second-order valence-corrected chi connectivity index (χ2v) is 5.99. The molecule has 1 aromatic rings. The van der Waals surface area contributed by atoms with Crippen LogP contribution in [0.4, 0.5) is 0 Å². The van der Waals surface area contributed by atoms with Crippen LogP contribution in [-0.4, -0.2) is 13.1 Å². The molecule has 0 bridgehead atoms. The van der Waals surface area contributed by atoms with E-state index < -0.39 is 0 Å². The van der Waals surface area contributed by atoms with Crippen molar-refractivity contribution in [3.05, 3.63) is 41.0 Å². The van der Waals surface area contributed by atoms with E-state index in [-0.39, 0.29) is 0 Å². The van der Waals surface area contributed by atoms with Gasteiger partial charge in [0, 0.05) is 6.54 Å². The molecule has 0 saturated heterocycles.